The maximum Gasteiger partial charge on any atom is 0.0814 e. The van der Waals surface area contributed by atoms with Crippen molar-refractivity contribution >= 4 is 11.4 Å². The van der Waals surface area contributed by atoms with Crippen molar-refractivity contribution in [1.82, 2.24) is 0 Å². The van der Waals surface area contributed by atoms with Gasteiger partial charge in [-0.15, -0.1) is 0 Å². The molecule has 0 aliphatic heterocycles. The molecule has 0 saturated heterocycles. The van der Waals surface area contributed by atoms with E-state index in [1.807, 2.05) is 0 Å². The van der Waals surface area contributed by atoms with Crippen molar-refractivity contribution in [2.45, 2.75) is 0 Å². The number of hydrogen-bond acceptors (Lipinski definition) is 2. The Morgan fingerprint density at radius 3 is 1.80 bits per heavy atom. The van der Waals surface area contributed by atoms with Crippen LogP contribution in [-0.2, 0) is 31.5 Å². The van der Waals surface area contributed by atoms with Gasteiger partial charge < -0.3 is 9.11 Å². The second-order valence-electron chi connectivity index (χ2n) is 0.217. The summed E-state index contributed by atoms with van der Waals surface area (Å²) in [4.78, 5) is 0. The van der Waals surface area contributed by atoms with Gasteiger partial charge in [0.1, 0.15) is 0 Å². The fourth-order valence-electron chi connectivity index (χ4n) is 0. The zero-order chi connectivity index (χ0) is 3.58. The molecule has 0 rings (SSSR count). The fraction of sp³-hybridized carbons (Fsp3) is 0. The van der Waals surface area contributed by atoms with E-state index in [9.17, 15) is 0 Å². The Hall–Kier alpha value is 0.719. The van der Waals surface area contributed by atoms with E-state index in [0.717, 1.165) is 0 Å². The molecule has 0 spiro atoms. The summed E-state index contributed by atoms with van der Waals surface area (Å²) in [5.74, 6) is 0. The molecule has 0 fully saturated rings. The SMILES string of the molecule is O=S([O-])O.[Ir]. The molecule has 0 aliphatic rings. The van der Waals surface area contributed by atoms with Crippen molar-refractivity contribution in [1.29, 1.82) is 0 Å². The molecule has 0 aromatic rings. The van der Waals surface area contributed by atoms with E-state index in [1.165, 1.54) is 0 Å². The molecule has 35 valence electrons. The monoisotopic (exact) mass is 274 g/mol. The molecule has 3 nitrogen and oxygen atoms in total. The van der Waals surface area contributed by atoms with Gasteiger partial charge in [-0.1, -0.05) is 0 Å². The Labute approximate surface area is 45.2 Å². The Morgan fingerprint density at radius 1 is 1.80 bits per heavy atom. The van der Waals surface area contributed by atoms with Crippen LogP contribution in [0.1, 0.15) is 0 Å². The summed E-state index contributed by atoms with van der Waals surface area (Å²) < 4.78 is 24.1. The van der Waals surface area contributed by atoms with Crippen LogP contribution in [0.2, 0.25) is 0 Å². The second-order valence-corrected chi connectivity index (χ2v) is 0.651. The van der Waals surface area contributed by atoms with Crippen LogP contribution in [0.5, 0.6) is 0 Å². The van der Waals surface area contributed by atoms with Gasteiger partial charge in [-0.2, -0.15) is 0 Å². The van der Waals surface area contributed by atoms with E-state index in [-0.39, 0.29) is 20.1 Å². The molecule has 0 aromatic heterocycles. The van der Waals surface area contributed by atoms with E-state index in [2.05, 4.69) is 0 Å². The maximum atomic E-state index is 8.56. The van der Waals surface area contributed by atoms with Gasteiger partial charge in [0.05, 0.1) is 11.4 Å². The van der Waals surface area contributed by atoms with Crippen LogP contribution in [0, 0.1) is 0 Å². The number of hydrogen-bond donors (Lipinski definition) is 1. The predicted molar refractivity (Wildman–Crippen MR) is 11.5 cm³/mol. The largest absolute Gasteiger partial charge is 0.750 e. The molecule has 5 heteroatoms. The van der Waals surface area contributed by atoms with Gasteiger partial charge in [0.2, 0.25) is 0 Å². The Balaban J connectivity index is 0. The summed E-state index contributed by atoms with van der Waals surface area (Å²) in [5, 5.41) is 0. The van der Waals surface area contributed by atoms with Gasteiger partial charge in [0.15, 0.2) is 0 Å². The molecule has 0 amide bonds. The molecule has 0 aromatic carbocycles. The van der Waals surface area contributed by atoms with E-state index in [1.54, 1.807) is 0 Å². The molecular weight excluding hydrogens is 272 g/mol. The topological polar surface area (TPSA) is 60.4 Å². The quantitative estimate of drug-likeness (QED) is 0.596. The summed E-state index contributed by atoms with van der Waals surface area (Å²) >= 11 is -2.86. The third-order valence-corrected chi connectivity index (χ3v) is 0. The molecule has 1 N–H and O–H groups in total. The smallest absolute Gasteiger partial charge is 0.0814 e. The van der Waals surface area contributed by atoms with Crippen LogP contribution in [0.15, 0.2) is 0 Å². The Morgan fingerprint density at radius 2 is 1.80 bits per heavy atom. The third kappa shape index (κ3) is 67.4. The van der Waals surface area contributed by atoms with Gasteiger partial charge >= 0.3 is 0 Å². The molecule has 0 heterocycles. The third-order valence-electron chi connectivity index (χ3n) is 0. The van der Waals surface area contributed by atoms with E-state index >= 15 is 0 Å². The molecule has 1 atom stereocenters. The van der Waals surface area contributed by atoms with Crippen molar-refractivity contribution in [2.75, 3.05) is 0 Å². The van der Waals surface area contributed by atoms with E-state index in [0.29, 0.717) is 0 Å². The molecule has 0 saturated carbocycles. The van der Waals surface area contributed by atoms with Crippen molar-refractivity contribution in [3.05, 3.63) is 0 Å². The Bertz CT molecular complexity index is 29.9. The van der Waals surface area contributed by atoms with Crippen LogP contribution in [0.3, 0.4) is 0 Å². The first-order valence-corrected chi connectivity index (χ1v) is 1.55. The van der Waals surface area contributed by atoms with Crippen LogP contribution < -0.4 is 0 Å². The zero-order valence-corrected chi connectivity index (χ0v) is 5.22. The van der Waals surface area contributed by atoms with Crippen molar-refractivity contribution in [3.8, 4) is 0 Å². The van der Waals surface area contributed by atoms with Gasteiger partial charge in [-0.25, -0.2) is 4.21 Å². The van der Waals surface area contributed by atoms with Crippen molar-refractivity contribution in [2.24, 2.45) is 0 Å². The summed E-state index contributed by atoms with van der Waals surface area (Å²) in [6.07, 6.45) is 0. The van der Waals surface area contributed by atoms with Crippen LogP contribution in [0.25, 0.3) is 0 Å². The predicted octanol–water partition coefficient (Wildman–Crippen LogP) is -0.664. The average molecular weight is 273 g/mol. The summed E-state index contributed by atoms with van der Waals surface area (Å²) in [6, 6.07) is 0. The van der Waals surface area contributed by atoms with Crippen molar-refractivity contribution in [3.63, 3.8) is 0 Å². The maximum absolute atomic E-state index is 8.56. The number of rotatable bonds is 0. The minimum atomic E-state index is -2.86. The zero-order valence-electron chi connectivity index (χ0n) is 2.01. The standard InChI is InChI=1S/Ir.H2O3S/c;1-4(2)3/h;(H2,1,2,3)/p-1. The van der Waals surface area contributed by atoms with Crippen LogP contribution >= 0.6 is 0 Å². The second kappa shape index (κ2) is 4.72. The minimum Gasteiger partial charge on any atom is -0.750 e. The molecule has 1 radical (unpaired) electrons. The Kier molecular flexibility index (Phi) is 8.69. The summed E-state index contributed by atoms with van der Waals surface area (Å²) in [6.45, 7) is 0. The van der Waals surface area contributed by atoms with Crippen LogP contribution in [-0.4, -0.2) is 13.3 Å². The van der Waals surface area contributed by atoms with Gasteiger partial charge in [-0.3, -0.25) is 0 Å². The fourth-order valence-corrected chi connectivity index (χ4v) is 0. The first kappa shape index (κ1) is 9.21. The first-order valence-electron chi connectivity index (χ1n) is 0.516. The molecule has 5 heavy (non-hydrogen) atoms. The van der Waals surface area contributed by atoms with E-state index < -0.39 is 11.4 Å². The van der Waals surface area contributed by atoms with E-state index in [4.69, 9.17) is 13.3 Å². The summed E-state index contributed by atoms with van der Waals surface area (Å²) in [7, 11) is 0. The molecule has 0 aliphatic carbocycles. The molecular formula is HIrO3S-. The van der Waals surface area contributed by atoms with Crippen molar-refractivity contribution < 1.29 is 33.4 Å². The van der Waals surface area contributed by atoms with Gasteiger partial charge in [-0.05, 0) is 0 Å². The average Bonchev–Trinajstić information content (AvgIpc) is 0.811. The van der Waals surface area contributed by atoms with Gasteiger partial charge in [0.25, 0.3) is 0 Å². The van der Waals surface area contributed by atoms with Gasteiger partial charge in [0, 0.05) is 20.1 Å². The summed E-state index contributed by atoms with van der Waals surface area (Å²) in [5.41, 5.74) is 0. The van der Waals surface area contributed by atoms with Crippen LogP contribution in [0.4, 0.5) is 0 Å². The first-order chi connectivity index (χ1) is 1.73. The normalized spacial score (nSPS) is 12.4. The minimum absolute atomic E-state index is 0. The molecule has 1 unspecified atom stereocenters. The molecule has 0 bridgehead atoms.